The van der Waals surface area contributed by atoms with Gasteiger partial charge in [-0.3, -0.25) is 4.57 Å². The van der Waals surface area contributed by atoms with Crippen molar-refractivity contribution in [1.82, 2.24) is 9.55 Å². The van der Waals surface area contributed by atoms with Crippen molar-refractivity contribution >= 4 is 11.0 Å². The number of hydrogen-bond donors (Lipinski definition) is 1. The maximum Gasteiger partial charge on any atom is 0.326 e. The number of aromatic nitrogens is 2. The van der Waals surface area contributed by atoms with E-state index in [4.69, 9.17) is 0 Å². The van der Waals surface area contributed by atoms with Crippen LogP contribution >= 0.6 is 0 Å². The van der Waals surface area contributed by atoms with Crippen LogP contribution in [0.15, 0.2) is 47.3 Å². The Morgan fingerprint density at radius 2 is 1.84 bits per heavy atom. The van der Waals surface area contributed by atoms with Crippen molar-refractivity contribution in [2.45, 2.75) is 6.54 Å². The van der Waals surface area contributed by atoms with E-state index in [0.29, 0.717) is 16.6 Å². The molecule has 1 heterocycles. The second kappa shape index (κ2) is 4.35. The van der Waals surface area contributed by atoms with Crippen LogP contribution in [0.4, 0.5) is 8.78 Å². The molecule has 0 saturated carbocycles. The van der Waals surface area contributed by atoms with Gasteiger partial charge in [0, 0.05) is 0 Å². The van der Waals surface area contributed by atoms with Crippen LogP contribution in [0.3, 0.4) is 0 Å². The molecule has 2 aromatic carbocycles. The van der Waals surface area contributed by atoms with Crippen LogP contribution in [0.2, 0.25) is 0 Å². The summed E-state index contributed by atoms with van der Waals surface area (Å²) in [4.78, 5) is 14.5. The van der Waals surface area contributed by atoms with E-state index in [-0.39, 0.29) is 18.1 Å². The Bertz CT molecular complexity index is 805. The molecule has 0 aliphatic rings. The first kappa shape index (κ1) is 11.6. The zero-order chi connectivity index (χ0) is 13.4. The molecule has 0 aliphatic heterocycles. The minimum Gasteiger partial charge on any atom is -0.306 e. The molecule has 0 spiro atoms. The maximum atomic E-state index is 13.2. The Balaban J connectivity index is 2.12. The number of fused-ring (bicyclic) bond motifs is 1. The molecule has 3 nitrogen and oxygen atoms in total. The van der Waals surface area contributed by atoms with Gasteiger partial charge in [-0.25, -0.2) is 13.6 Å². The highest BCUT2D eigenvalue weighted by molar-refractivity contribution is 5.75. The van der Waals surface area contributed by atoms with Gasteiger partial charge in [0.1, 0.15) is 11.6 Å². The summed E-state index contributed by atoms with van der Waals surface area (Å²) in [5.41, 5.74) is 1.33. The third-order valence-electron chi connectivity index (χ3n) is 2.97. The van der Waals surface area contributed by atoms with Gasteiger partial charge in [-0.1, -0.05) is 12.1 Å². The summed E-state index contributed by atoms with van der Waals surface area (Å²) in [6.45, 7) is 0.194. The van der Waals surface area contributed by atoms with Crippen molar-refractivity contribution in [2.24, 2.45) is 0 Å². The van der Waals surface area contributed by atoms with Crippen molar-refractivity contribution < 1.29 is 8.78 Å². The van der Waals surface area contributed by atoms with Crippen LogP contribution in [-0.2, 0) is 6.54 Å². The zero-order valence-corrected chi connectivity index (χ0v) is 9.86. The standard InChI is InChI=1S/C14H10F2N2O/c15-10-3-1-2-9(6-10)8-18-13-7-11(16)4-5-12(13)17-14(18)19/h1-7H,8H2,(H,17,19). The lowest BCUT2D eigenvalue weighted by atomic mass is 10.2. The monoisotopic (exact) mass is 260 g/mol. The first-order valence-corrected chi connectivity index (χ1v) is 5.76. The van der Waals surface area contributed by atoms with Crippen molar-refractivity contribution in [3.05, 3.63) is 70.1 Å². The van der Waals surface area contributed by atoms with Gasteiger partial charge in [0.15, 0.2) is 0 Å². The Kier molecular flexibility index (Phi) is 2.67. The molecule has 0 amide bonds. The number of halogens is 2. The van der Waals surface area contributed by atoms with Crippen LogP contribution in [0.1, 0.15) is 5.56 Å². The number of nitrogens with zero attached hydrogens (tertiary/aromatic N) is 1. The highest BCUT2D eigenvalue weighted by Gasteiger charge is 2.08. The van der Waals surface area contributed by atoms with E-state index in [1.165, 1.54) is 34.9 Å². The zero-order valence-electron chi connectivity index (χ0n) is 9.86. The van der Waals surface area contributed by atoms with Crippen molar-refractivity contribution in [2.75, 3.05) is 0 Å². The first-order chi connectivity index (χ1) is 9.13. The molecule has 0 saturated heterocycles. The van der Waals surface area contributed by atoms with E-state index < -0.39 is 5.82 Å². The van der Waals surface area contributed by atoms with E-state index in [2.05, 4.69) is 4.98 Å². The van der Waals surface area contributed by atoms with Crippen LogP contribution in [0, 0.1) is 11.6 Å². The van der Waals surface area contributed by atoms with Gasteiger partial charge in [0.2, 0.25) is 0 Å². The molecule has 3 aromatic rings. The average Bonchev–Trinajstić information content (AvgIpc) is 2.66. The van der Waals surface area contributed by atoms with Gasteiger partial charge in [-0.2, -0.15) is 0 Å². The number of benzene rings is 2. The van der Waals surface area contributed by atoms with E-state index in [9.17, 15) is 13.6 Å². The lowest BCUT2D eigenvalue weighted by Gasteiger charge is -2.04. The minimum absolute atomic E-state index is 0.194. The van der Waals surface area contributed by atoms with Crippen LogP contribution in [0.25, 0.3) is 11.0 Å². The third-order valence-corrected chi connectivity index (χ3v) is 2.97. The van der Waals surface area contributed by atoms with Crippen LogP contribution in [-0.4, -0.2) is 9.55 Å². The smallest absolute Gasteiger partial charge is 0.306 e. The van der Waals surface area contributed by atoms with Crippen LogP contribution in [0.5, 0.6) is 0 Å². The van der Waals surface area contributed by atoms with Gasteiger partial charge in [-0.15, -0.1) is 0 Å². The summed E-state index contributed by atoms with van der Waals surface area (Å²) < 4.78 is 27.7. The first-order valence-electron chi connectivity index (χ1n) is 5.76. The minimum atomic E-state index is -0.417. The van der Waals surface area contributed by atoms with E-state index in [0.717, 1.165) is 0 Å². The van der Waals surface area contributed by atoms with Crippen molar-refractivity contribution in [3.63, 3.8) is 0 Å². The molecular formula is C14H10F2N2O. The summed E-state index contributed by atoms with van der Waals surface area (Å²) in [7, 11) is 0. The molecule has 19 heavy (non-hydrogen) atoms. The van der Waals surface area contributed by atoms with Gasteiger partial charge >= 0.3 is 5.69 Å². The Morgan fingerprint density at radius 3 is 2.63 bits per heavy atom. The second-order valence-corrected chi connectivity index (χ2v) is 4.31. The second-order valence-electron chi connectivity index (χ2n) is 4.31. The van der Waals surface area contributed by atoms with Crippen molar-refractivity contribution in [1.29, 1.82) is 0 Å². The molecule has 1 N–H and O–H groups in total. The summed E-state index contributed by atoms with van der Waals surface area (Å²) in [5, 5.41) is 0. The molecule has 0 unspecified atom stereocenters. The average molecular weight is 260 g/mol. The lowest BCUT2D eigenvalue weighted by Crippen LogP contribution is -2.17. The highest BCUT2D eigenvalue weighted by atomic mass is 19.1. The number of hydrogen-bond acceptors (Lipinski definition) is 1. The molecule has 3 rings (SSSR count). The largest absolute Gasteiger partial charge is 0.326 e. The van der Waals surface area contributed by atoms with Crippen molar-refractivity contribution in [3.8, 4) is 0 Å². The number of imidazole rings is 1. The lowest BCUT2D eigenvalue weighted by molar-refractivity contribution is 0.622. The molecule has 0 aliphatic carbocycles. The fourth-order valence-electron chi connectivity index (χ4n) is 2.10. The molecule has 0 bridgehead atoms. The fourth-order valence-corrected chi connectivity index (χ4v) is 2.10. The molecule has 0 radical (unpaired) electrons. The highest BCUT2D eigenvalue weighted by Crippen LogP contribution is 2.14. The van der Waals surface area contributed by atoms with Gasteiger partial charge in [0.05, 0.1) is 17.6 Å². The SMILES string of the molecule is O=c1[nH]c2ccc(F)cc2n1Cc1cccc(F)c1. The maximum absolute atomic E-state index is 13.2. The summed E-state index contributed by atoms with van der Waals surface area (Å²) in [6, 6.07) is 10.1. The summed E-state index contributed by atoms with van der Waals surface area (Å²) >= 11 is 0. The van der Waals surface area contributed by atoms with Gasteiger partial charge in [-0.05, 0) is 35.9 Å². The van der Waals surface area contributed by atoms with Crippen LogP contribution < -0.4 is 5.69 Å². The Hall–Kier alpha value is -2.43. The molecule has 1 aromatic heterocycles. The quantitative estimate of drug-likeness (QED) is 0.755. The van der Waals surface area contributed by atoms with E-state index in [1.807, 2.05) is 0 Å². The topological polar surface area (TPSA) is 37.8 Å². The van der Waals surface area contributed by atoms with Gasteiger partial charge in [0.25, 0.3) is 0 Å². The molecule has 5 heteroatoms. The normalized spacial score (nSPS) is 11.1. The van der Waals surface area contributed by atoms with E-state index in [1.54, 1.807) is 12.1 Å². The molecule has 96 valence electrons. The fraction of sp³-hybridized carbons (Fsp3) is 0.0714. The number of rotatable bonds is 2. The number of nitrogens with one attached hydrogen (secondary N) is 1. The summed E-state index contributed by atoms with van der Waals surface area (Å²) in [6.07, 6.45) is 0. The van der Waals surface area contributed by atoms with E-state index >= 15 is 0 Å². The van der Waals surface area contributed by atoms with Gasteiger partial charge < -0.3 is 4.98 Å². The Labute approximate surface area is 107 Å². The predicted molar refractivity (Wildman–Crippen MR) is 68.0 cm³/mol. The summed E-state index contributed by atoms with van der Waals surface area (Å²) in [5.74, 6) is -0.781. The molecular weight excluding hydrogens is 250 g/mol. The predicted octanol–water partition coefficient (Wildman–Crippen LogP) is 2.66. The molecule has 0 fully saturated rings. The number of H-pyrrole nitrogens is 1. The third kappa shape index (κ3) is 2.14. The molecule has 0 atom stereocenters. The number of aromatic amines is 1. The Morgan fingerprint density at radius 1 is 1.05 bits per heavy atom.